The first kappa shape index (κ1) is 27.7. The number of carbonyl (C=O) groups excluding carboxylic acids is 1. The van der Waals surface area contributed by atoms with Crippen LogP contribution < -0.4 is 14.9 Å². The van der Waals surface area contributed by atoms with Gasteiger partial charge in [0.2, 0.25) is 0 Å². The second kappa shape index (κ2) is 12.5. The second-order valence-corrected chi connectivity index (χ2v) is 9.55. The van der Waals surface area contributed by atoms with Crippen molar-refractivity contribution in [1.29, 1.82) is 0 Å². The van der Waals surface area contributed by atoms with Crippen molar-refractivity contribution in [2.75, 3.05) is 7.11 Å². The van der Waals surface area contributed by atoms with Crippen LogP contribution in [-0.2, 0) is 17.0 Å². The molecule has 0 radical (unpaired) electrons. The van der Waals surface area contributed by atoms with Crippen molar-refractivity contribution in [3.8, 4) is 11.5 Å². The molecule has 0 bridgehead atoms. The van der Waals surface area contributed by atoms with E-state index in [0.717, 1.165) is 9.13 Å². The molecular formula is C29H24IN3O6. The van der Waals surface area contributed by atoms with Gasteiger partial charge in [-0.05, 0) is 69.1 Å². The quantitative estimate of drug-likeness (QED) is 0.107. The molecule has 9 nitrogen and oxygen atoms in total. The minimum absolute atomic E-state index is 0.00705. The van der Waals surface area contributed by atoms with Crippen LogP contribution in [0.3, 0.4) is 0 Å². The topological polar surface area (TPSA) is 123 Å². The summed E-state index contributed by atoms with van der Waals surface area (Å²) in [4.78, 5) is 23.6. The number of halogens is 1. The number of hydrazone groups is 1. The van der Waals surface area contributed by atoms with E-state index in [4.69, 9.17) is 9.47 Å². The Morgan fingerprint density at radius 2 is 1.62 bits per heavy atom. The molecule has 198 valence electrons. The van der Waals surface area contributed by atoms with E-state index < -0.39 is 16.4 Å². The van der Waals surface area contributed by atoms with Gasteiger partial charge in [-0.15, -0.1) is 0 Å². The van der Waals surface area contributed by atoms with Crippen LogP contribution >= 0.6 is 22.6 Å². The maximum atomic E-state index is 13.2. The van der Waals surface area contributed by atoms with Gasteiger partial charge in [0.25, 0.3) is 11.6 Å². The number of benzene rings is 4. The summed E-state index contributed by atoms with van der Waals surface area (Å²) in [6.07, 6.45) is 1.44. The normalized spacial score (nSPS) is 11.3. The lowest BCUT2D eigenvalue weighted by molar-refractivity contribution is -0.384. The van der Waals surface area contributed by atoms with Gasteiger partial charge in [-0.3, -0.25) is 14.9 Å². The van der Waals surface area contributed by atoms with E-state index in [1.807, 2.05) is 0 Å². The molecule has 0 aliphatic carbocycles. The van der Waals surface area contributed by atoms with Crippen molar-refractivity contribution in [3.63, 3.8) is 0 Å². The molecule has 0 heterocycles. The number of nitrogens with one attached hydrogen (secondary N) is 1. The highest BCUT2D eigenvalue weighted by atomic mass is 127. The van der Waals surface area contributed by atoms with Gasteiger partial charge in [-0.2, -0.15) is 5.10 Å². The predicted molar refractivity (Wildman–Crippen MR) is 155 cm³/mol. The van der Waals surface area contributed by atoms with Crippen LogP contribution in [0.25, 0.3) is 0 Å². The molecule has 1 amide bonds. The molecule has 0 spiro atoms. The van der Waals surface area contributed by atoms with Crippen LogP contribution in [0.4, 0.5) is 5.69 Å². The van der Waals surface area contributed by atoms with Gasteiger partial charge in [0.05, 0.1) is 21.8 Å². The fourth-order valence-corrected chi connectivity index (χ4v) is 4.64. The molecule has 2 N–H and O–H groups in total. The monoisotopic (exact) mass is 637 g/mol. The zero-order valence-corrected chi connectivity index (χ0v) is 22.9. The van der Waals surface area contributed by atoms with Gasteiger partial charge >= 0.3 is 0 Å². The van der Waals surface area contributed by atoms with Crippen LogP contribution in [0.1, 0.15) is 22.3 Å². The standard InChI is InChI=1S/C29H24IN3O6/c1-38-26-17-21(16-25(30)27(26)39-19-20-12-14-24(15-13-20)33(36)37)18-31-32-28(34)29(35,22-8-4-2-5-9-22)23-10-6-3-7-11-23/h2-18,35H,19H2,1H3,(H,32,34)/b31-18-. The molecule has 0 saturated heterocycles. The van der Waals surface area contributed by atoms with Gasteiger partial charge in [0.15, 0.2) is 17.1 Å². The predicted octanol–water partition coefficient (Wildman–Crippen LogP) is 5.17. The number of methoxy groups -OCH3 is 1. The van der Waals surface area contributed by atoms with Crippen molar-refractivity contribution in [3.05, 3.63) is 133 Å². The molecule has 0 fully saturated rings. The minimum Gasteiger partial charge on any atom is -0.493 e. The summed E-state index contributed by atoms with van der Waals surface area (Å²) in [6, 6.07) is 26.9. The van der Waals surface area contributed by atoms with Crippen LogP contribution in [0.2, 0.25) is 0 Å². The fourth-order valence-electron chi connectivity index (χ4n) is 3.86. The molecule has 0 aliphatic heterocycles. The number of carbonyl (C=O) groups is 1. The molecule has 0 atom stereocenters. The van der Waals surface area contributed by atoms with Crippen molar-refractivity contribution in [2.24, 2.45) is 5.10 Å². The summed E-state index contributed by atoms with van der Waals surface area (Å²) in [7, 11) is 1.51. The number of aliphatic hydroxyl groups is 1. The molecule has 0 unspecified atom stereocenters. The van der Waals surface area contributed by atoms with E-state index in [1.54, 1.807) is 84.9 Å². The SMILES string of the molecule is COc1cc(/C=N\NC(=O)C(O)(c2ccccc2)c2ccccc2)cc(I)c1OCc1ccc([N+](=O)[O-])cc1. The van der Waals surface area contributed by atoms with E-state index in [1.165, 1.54) is 25.5 Å². The number of hydrogen-bond donors (Lipinski definition) is 2. The Bertz CT molecular complexity index is 1440. The Balaban J connectivity index is 1.50. The first-order valence-corrected chi connectivity index (χ1v) is 12.8. The van der Waals surface area contributed by atoms with Crippen molar-refractivity contribution < 1.29 is 24.3 Å². The maximum Gasteiger partial charge on any atom is 0.281 e. The van der Waals surface area contributed by atoms with Crippen LogP contribution in [-0.4, -0.2) is 29.3 Å². The summed E-state index contributed by atoms with van der Waals surface area (Å²) >= 11 is 2.10. The third-order valence-electron chi connectivity index (χ3n) is 5.87. The van der Waals surface area contributed by atoms with Crippen LogP contribution in [0, 0.1) is 13.7 Å². The lowest BCUT2D eigenvalue weighted by Gasteiger charge is -2.27. The van der Waals surface area contributed by atoms with E-state index in [2.05, 4.69) is 33.1 Å². The molecule has 4 aromatic carbocycles. The average molecular weight is 637 g/mol. The summed E-state index contributed by atoms with van der Waals surface area (Å²) in [6.45, 7) is 0.186. The largest absolute Gasteiger partial charge is 0.493 e. The molecule has 10 heteroatoms. The first-order valence-electron chi connectivity index (χ1n) is 11.7. The number of nitro benzene ring substituents is 1. The van der Waals surface area contributed by atoms with E-state index in [9.17, 15) is 20.0 Å². The molecule has 4 rings (SSSR count). The number of hydrogen-bond acceptors (Lipinski definition) is 7. The molecule has 0 aliphatic rings. The van der Waals surface area contributed by atoms with Crippen molar-refractivity contribution >= 4 is 40.4 Å². The maximum absolute atomic E-state index is 13.2. The molecular weight excluding hydrogens is 613 g/mol. The lowest BCUT2D eigenvalue weighted by Crippen LogP contribution is -2.43. The van der Waals surface area contributed by atoms with Gasteiger partial charge in [-0.25, -0.2) is 5.43 Å². The minimum atomic E-state index is -1.94. The molecule has 39 heavy (non-hydrogen) atoms. The van der Waals surface area contributed by atoms with E-state index in [-0.39, 0.29) is 12.3 Å². The lowest BCUT2D eigenvalue weighted by atomic mass is 9.85. The number of nitro groups is 1. The summed E-state index contributed by atoms with van der Waals surface area (Å²) in [5, 5.41) is 26.5. The number of rotatable bonds is 10. The highest BCUT2D eigenvalue weighted by molar-refractivity contribution is 14.1. The van der Waals surface area contributed by atoms with Crippen molar-refractivity contribution in [1.82, 2.24) is 5.43 Å². The first-order chi connectivity index (χ1) is 18.8. The Morgan fingerprint density at radius 1 is 1.03 bits per heavy atom. The van der Waals surface area contributed by atoms with Crippen LogP contribution in [0.5, 0.6) is 11.5 Å². The van der Waals surface area contributed by atoms with E-state index in [0.29, 0.717) is 28.2 Å². The fraction of sp³-hybridized carbons (Fsp3) is 0.103. The smallest absolute Gasteiger partial charge is 0.281 e. The second-order valence-electron chi connectivity index (χ2n) is 8.39. The molecule has 0 saturated carbocycles. The highest BCUT2D eigenvalue weighted by Gasteiger charge is 2.39. The van der Waals surface area contributed by atoms with Crippen LogP contribution in [0.15, 0.2) is 102 Å². The summed E-state index contributed by atoms with van der Waals surface area (Å²) < 4.78 is 12.2. The van der Waals surface area contributed by atoms with Gasteiger partial charge in [0.1, 0.15) is 6.61 Å². The Hall–Kier alpha value is -4.29. The Kier molecular flexibility index (Phi) is 8.89. The number of amides is 1. The van der Waals surface area contributed by atoms with Gasteiger partial charge < -0.3 is 14.6 Å². The third kappa shape index (κ3) is 6.41. The summed E-state index contributed by atoms with van der Waals surface area (Å²) in [5.41, 5.74) is 2.73. The highest BCUT2D eigenvalue weighted by Crippen LogP contribution is 2.34. The van der Waals surface area contributed by atoms with Gasteiger partial charge in [-0.1, -0.05) is 60.7 Å². The molecule has 0 aromatic heterocycles. The number of ether oxygens (including phenoxy) is 2. The zero-order valence-electron chi connectivity index (χ0n) is 20.8. The molecule has 4 aromatic rings. The van der Waals surface area contributed by atoms with E-state index >= 15 is 0 Å². The Morgan fingerprint density at radius 3 is 2.15 bits per heavy atom. The Labute approximate surface area is 238 Å². The zero-order chi connectivity index (χ0) is 27.8. The average Bonchev–Trinajstić information content (AvgIpc) is 2.97. The summed E-state index contributed by atoms with van der Waals surface area (Å²) in [5.74, 6) is 0.239. The van der Waals surface area contributed by atoms with Crippen molar-refractivity contribution in [2.45, 2.75) is 12.2 Å². The third-order valence-corrected chi connectivity index (χ3v) is 6.67. The number of nitrogens with zero attached hydrogens (tertiary/aromatic N) is 2. The van der Waals surface area contributed by atoms with Gasteiger partial charge in [0, 0.05) is 12.1 Å². The number of non-ortho nitro benzene ring substituents is 1.